The second-order valence-electron chi connectivity index (χ2n) is 6.38. The quantitative estimate of drug-likeness (QED) is 0.685. The summed E-state index contributed by atoms with van der Waals surface area (Å²) < 4.78 is 14.4. The van der Waals surface area contributed by atoms with Crippen LogP contribution in [0, 0.1) is 12.7 Å². The van der Waals surface area contributed by atoms with Crippen LogP contribution >= 0.6 is 0 Å². The number of anilines is 3. The van der Waals surface area contributed by atoms with Crippen molar-refractivity contribution < 1.29 is 9.18 Å². The number of halogens is 1. The lowest BCUT2D eigenvalue weighted by atomic mass is 10.1. The van der Waals surface area contributed by atoms with Crippen molar-refractivity contribution in [2.24, 2.45) is 0 Å². The molecular weight excluding hydrogens is 359 g/mol. The maximum Gasteiger partial charge on any atom is 0.255 e. The van der Waals surface area contributed by atoms with Crippen LogP contribution in [-0.4, -0.2) is 15.5 Å². The Hall–Kier alpha value is -3.48. The minimum absolute atomic E-state index is 0.202. The lowest BCUT2D eigenvalue weighted by Gasteiger charge is -2.14. The molecule has 1 amide bonds. The van der Waals surface area contributed by atoms with Gasteiger partial charge in [-0.25, -0.2) is 9.37 Å². The number of rotatable bonds is 6. The van der Waals surface area contributed by atoms with E-state index in [1.807, 2.05) is 25.1 Å². The minimum atomic E-state index is -0.367. The third-order valence-corrected chi connectivity index (χ3v) is 4.16. The summed E-state index contributed by atoms with van der Waals surface area (Å²) in [4.78, 5) is 29.2. The lowest BCUT2D eigenvalue weighted by Crippen LogP contribution is -2.30. The molecule has 0 aliphatic heterocycles. The first-order valence-electron chi connectivity index (χ1n) is 8.94. The average Bonchev–Trinajstić information content (AvgIpc) is 2.66. The highest BCUT2D eigenvalue weighted by atomic mass is 19.1. The normalized spacial score (nSPS) is 10.5. The molecule has 0 unspecified atom stereocenters. The van der Waals surface area contributed by atoms with E-state index >= 15 is 0 Å². The fraction of sp³-hybridized carbons (Fsp3) is 0.190. The summed E-state index contributed by atoms with van der Waals surface area (Å²) in [6.45, 7) is 3.52. The number of carbonyl (C=O) groups excluding carboxylic acids is 1. The van der Waals surface area contributed by atoms with Gasteiger partial charge in [-0.2, -0.15) is 0 Å². The number of amides is 1. The number of aromatic nitrogens is 2. The molecule has 0 fully saturated rings. The molecule has 2 N–H and O–H groups in total. The molecule has 7 heteroatoms. The van der Waals surface area contributed by atoms with E-state index in [1.165, 1.54) is 34.9 Å². The van der Waals surface area contributed by atoms with Crippen LogP contribution in [0.15, 0.2) is 59.4 Å². The molecule has 0 saturated heterocycles. The van der Waals surface area contributed by atoms with Gasteiger partial charge in [0.05, 0.1) is 0 Å². The number of nitrogens with zero attached hydrogens (tertiary/aromatic N) is 2. The summed E-state index contributed by atoms with van der Waals surface area (Å²) in [6, 6.07) is 14.6. The van der Waals surface area contributed by atoms with E-state index in [1.54, 1.807) is 13.0 Å². The first-order chi connectivity index (χ1) is 13.4. The summed E-state index contributed by atoms with van der Waals surface area (Å²) in [6.07, 6.45) is 0.858. The first-order valence-corrected chi connectivity index (χ1v) is 8.94. The molecule has 0 aliphatic rings. The third kappa shape index (κ3) is 4.82. The SMILES string of the molecule is CCc1cccc(NC(=O)Cn2c(Nc3ccc(F)cc3)nc(C)cc2=O)c1. The molecule has 144 valence electrons. The Morgan fingerprint density at radius 2 is 1.86 bits per heavy atom. The van der Waals surface area contributed by atoms with E-state index in [2.05, 4.69) is 15.6 Å². The van der Waals surface area contributed by atoms with E-state index < -0.39 is 0 Å². The molecule has 0 spiro atoms. The average molecular weight is 380 g/mol. The lowest BCUT2D eigenvalue weighted by molar-refractivity contribution is -0.116. The molecule has 6 nitrogen and oxygen atoms in total. The van der Waals surface area contributed by atoms with Gasteiger partial charge in [0.2, 0.25) is 11.9 Å². The highest BCUT2D eigenvalue weighted by Crippen LogP contribution is 2.15. The van der Waals surface area contributed by atoms with Crippen molar-refractivity contribution in [3.8, 4) is 0 Å². The monoisotopic (exact) mass is 380 g/mol. The van der Waals surface area contributed by atoms with Crippen LogP contribution in [0.1, 0.15) is 18.2 Å². The smallest absolute Gasteiger partial charge is 0.255 e. The number of aryl methyl sites for hydroxylation is 2. The zero-order valence-corrected chi connectivity index (χ0v) is 15.7. The first kappa shape index (κ1) is 19.3. The largest absolute Gasteiger partial charge is 0.326 e. The molecule has 3 rings (SSSR count). The standard InChI is InChI=1S/C21H21FN4O2/c1-3-15-5-4-6-18(12-15)24-19(27)13-26-20(28)11-14(2)23-21(26)25-17-9-7-16(22)8-10-17/h4-12H,3,13H2,1-2H3,(H,23,25)(H,24,27). The van der Waals surface area contributed by atoms with Gasteiger partial charge in [-0.15, -0.1) is 0 Å². The molecule has 3 aromatic rings. The summed E-state index contributed by atoms with van der Waals surface area (Å²) in [5.41, 5.74) is 2.50. The van der Waals surface area contributed by atoms with Gasteiger partial charge >= 0.3 is 0 Å². The summed E-state index contributed by atoms with van der Waals surface area (Å²) >= 11 is 0. The van der Waals surface area contributed by atoms with Gasteiger partial charge in [-0.3, -0.25) is 14.2 Å². The van der Waals surface area contributed by atoms with Gasteiger partial charge in [-0.05, 0) is 55.3 Å². The highest BCUT2D eigenvalue weighted by Gasteiger charge is 2.12. The van der Waals surface area contributed by atoms with Crippen molar-refractivity contribution in [2.45, 2.75) is 26.8 Å². The van der Waals surface area contributed by atoms with Gasteiger partial charge in [0.25, 0.3) is 5.56 Å². The van der Waals surface area contributed by atoms with Crippen LogP contribution in [0.2, 0.25) is 0 Å². The maximum atomic E-state index is 13.1. The van der Waals surface area contributed by atoms with Crippen LogP contribution in [-0.2, 0) is 17.8 Å². The van der Waals surface area contributed by atoms with Crippen LogP contribution in [0.5, 0.6) is 0 Å². The molecule has 1 heterocycles. The minimum Gasteiger partial charge on any atom is -0.326 e. The number of hydrogen-bond acceptors (Lipinski definition) is 4. The Bertz CT molecular complexity index is 1050. The van der Waals surface area contributed by atoms with Crippen LogP contribution in [0.25, 0.3) is 0 Å². The zero-order valence-electron chi connectivity index (χ0n) is 15.7. The molecule has 0 atom stereocenters. The van der Waals surface area contributed by atoms with Crippen molar-refractivity contribution in [3.63, 3.8) is 0 Å². The number of nitrogens with one attached hydrogen (secondary N) is 2. The van der Waals surface area contributed by atoms with Gasteiger partial charge < -0.3 is 10.6 Å². The Morgan fingerprint density at radius 1 is 1.11 bits per heavy atom. The predicted molar refractivity (Wildman–Crippen MR) is 107 cm³/mol. The van der Waals surface area contributed by atoms with Crippen LogP contribution in [0.4, 0.5) is 21.7 Å². The molecule has 0 radical (unpaired) electrons. The van der Waals surface area contributed by atoms with Crippen molar-refractivity contribution in [2.75, 3.05) is 10.6 Å². The molecule has 1 aromatic heterocycles. The molecule has 0 aliphatic carbocycles. The van der Waals surface area contributed by atoms with E-state index in [0.29, 0.717) is 17.1 Å². The fourth-order valence-electron chi connectivity index (χ4n) is 2.74. The zero-order chi connectivity index (χ0) is 20.1. The third-order valence-electron chi connectivity index (χ3n) is 4.16. The van der Waals surface area contributed by atoms with E-state index in [0.717, 1.165) is 12.0 Å². The van der Waals surface area contributed by atoms with Gasteiger partial charge in [0, 0.05) is 23.1 Å². The van der Waals surface area contributed by atoms with Gasteiger partial charge in [0.1, 0.15) is 12.4 Å². The summed E-state index contributed by atoms with van der Waals surface area (Å²) in [5, 5.41) is 5.78. The van der Waals surface area contributed by atoms with E-state index in [4.69, 9.17) is 0 Å². The Kier molecular flexibility index (Phi) is 5.84. The maximum absolute atomic E-state index is 13.1. The number of benzene rings is 2. The summed E-state index contributed by atoms with van der Waals surface area (Å²) in [5.74, 6) is -0.494. The molecule has 0 saturated carbocycles. The molecule has 0 bridgehead atoms. The second-order valence-corrected chi connectivity index (χ2v) is 6.38. The van der Waals surface area contributed by atoms with Gasteiger partial charge in [0.15, 0.2) is 0 Å². The van der Waals surface area contributed by atoms with Crippen molar-refractivity contribution in [3.05, 3.63) is 82.0 Å². The number of carbonyl (C=O) groups is 1. The van der Waals surface area contributed by atoms with Gasteiger partial charge in [-0.1, -0.05) is 19.1 Å². The van der Waals surface area contributed by atoms with E-state index in [-0.39, 0.29) is 29.8 Å². The second kappa shape index (κ2) is 8.47. The molecule has 2 aromatic carbocycles. The number of hydrogen-bond donors (Lipinski definition) is 2. The summed E-state index contributed by atoms with van der Waals surface area (Å²) in [7, 11) is 0. The Morgan fingerprint density at radius 3 is 2.57 bits per heavy atom. The topological polar surface area (TPSA) is 76.0 Å². The fourth-order valence-corrected chi connectivity index (χ4v) is 2.74. The van der Waals surface area contributed by atoms with Crippen molar-refractivity contribution in [1.82, 2.24) is 9.55 Å². The molecule has 28 heavy (non-hydrogen) atoms. The highest BCUT2D eigenvalue weighted by molar-refractivity contribution is 5.90. The van der Waals surface area contributed by atoms with Crippen LogP contribution < -0.4 is 16.2 Å². The van der Waals surface area contributed by atoms with Crippen LogP contribution in [0.3, 0.4) is 0 Å². The predicted octanol–water partition coefficient (Wildman–Crippen LogP) is 3.64. The Balaban J connectivity index is 1.83. The van der Waals surface area contributed by atoms with E-state index in [9.17, 15) is 14.0 Å². The van der Waals surface area contributed by atoms with Crippen molar-refractivity contribution >= 4 is 23.2 Å². The Labute approximate surface area is 162 Å². The van der Waals surface area contributed by atoms with Crippen molar-refractivity contribution in [1.29, 1.82) is 0 Å². The molecular formula is C21H21FN4O2.